The van der Waals surface area contributed by atoms with Gasteiger partial charge in [-0.2, -0.15) is 0 Å². The number of carboxylic acid groups (broad SMARTS) is 1. The number of carbonyl (C=O) groups excluding carboxylic acids is 1. The Morgan fingerprint density at radius 1 is 0.706 bits per heavy atom. The molecule has 0 aliphatic carbocycles. The molecule has 0 unspecified atom stereocenters. The zero-order valence-corrected chi connectivity index (χ0v) is 18.2. The summed E-state index contributed by atoms with van der Waals surface area (Å²) < 4.78 is 12.7. The highest BCUT2D eigenvalue weighted by Gasteiger charge is 2.30. The predicted octanol–water partition coefficient (Wildman–Crippen LogP) is 4.16. The van der Waals surface area contributed by atoms with Crippen molar-refractivity contribution >= 4 is 12.1 Å². The minimum Gasteiger partial charge on any atom is -0.456 e. The monoisotopic (exact) mass is 458 g/mol. The molecule has 1 N–H and O–H groups in total. The molecule has 0 aliphatic rings. The maximum Gasteiger partial charge on any atom is 0.512 e. The third kappa shape index (κ3) is 5.24. The Bertz CT molecular complexity index is 1330. The first-order valence-electron chi connectivity index (χ1n) is 10.6. The second kappa shape index (κ2) is 10.4. The van der Waals surface area contributed by atoms with Gasteiger partial charge in [-0.15, -0.1) is 0 Å². The molecule has 1 aromatic heterocycles. The first-order chi connectivity index (χ1) is 16.5. The number of carbonyl (C=O) groups is 2. The average molecular weight is 458 g/mol. The Morgan fingerprint density at radius 2 is 1.18 bits per heavy atom. The van der Waals surface area contributed by atoms with Gasteiger partial charge in [0.2, 0.25) is 5.88 Å². The van der Waals surface area contributed by atoms with E-state index in [9.17, 15) is 19.5 Å². The SMILES string of the molecule is O=C(O)Oc1c(C(=O)OCc2ccccc2)n(Cc2ccccc2)c(=O)n1Cc1ccccc1. The van der Waals surface area contributed by atoms with Crippen LogP contribution in [0.3, 0.4) is 0 Å². The third-order valence-electron chi connectivity index (χ3n) is 5.14. The molecule has 0 bridgehead atoms. The van der Waals surface area contributed by atoms with Crippen molar-refractivity contribution in [2.24, 2.45) is 0 Å². The van der Waals surface area contributed by atoms with Gasteiger partial charge in [0.1, 0.15) is 6.61 Å². The second-order valence-electron chi connectivity index (χ2n) is 7.51. The smallest absolute Gasteiger partial charge is 0.456 e. The Morgan fingerprint density at radius 3 is 1.68 bits per heavy atom. The molecule has 0 saturated heterocycles. The molecule has 3 aromatic carbocycles. The maximum absolute atomic E-state index is 13.4. The second-order valence-corrected chi connectivity index (χ2v) is 7.51. The van der Waals surface area contributed by atoms with Crippen LogP contribution in [0, 0.1) is 0 Å². The molecule has 34 heavy (non-hydrogen) atoms. The molecule has 1 heterocycles. The van der Waals surface area contributed by atoms with Gasteiger partial charge < -0.3 is 14.6 Å². The quantitative estimate of drug-likeness (QED) is 0.398. The summed E-state index contributed by atoms with van der Waals surface area (Å²) in [5.41, 5.74) is 1.39. The minimum atomic E-state index is -1.64. The number of rotatable bonds is 8. The van der Waals surface area contributed by atoms with Crippen molar-refractivity contribution in [2.45, 2.75) is 19.7 Å². The van der Waals surface area contributed by atoms with Gasteiger partial charge in [0.05, 0.1) is 13.1 Å². The van der Waals surface area contributed by atoms with E-state index < -0.39 is 17.8 Å². The summed E-state index contributed by atoms with van der Waals surface area (Å²) in [6.07, 6.45) is -1.64. The average Bonchev–Trinajstić information content (AvgIpc) is 3.09. The van der Waals surface area contributed by atoms with E-state index in [0.29, 0.717) is 0 Å². The highest BCUT2D eigenvalue weighted by molar-refractivity contribution is 5.91. The fourth-order valence-corrected chi connectivity index (χ4v) is 3.56. The number of ether oxygens (including phenoxy) is 2. The third-order valence-corrected chi connectivity index (χ3v) is 5.14. The Hall–Kier alpha value is -4.59. The van der Waals surface area contributed by atoms with Gasteiger partial charge in [-0.3, -0.25) is 9.13 Å². The molecular formula is C26H22N2O6. The number of nitrogens with zero attached hydrogens (tertiary/aromatic N) is 2. The van der Waals surface area contributed by atoms with Gasteiger partial charge in [0, 0.05) is 0 Å². The largest absolute Gasteiger partial charge is 0.512 e. The summed E-state index contributed by atoms with van der Waals surface area (Å²) in [5, 5.41) is 9.36. The van der Waals surface area contributed by atoms with Crippen molar-refractivity contribution in [3.05, 3.63) is 124 Å². The highest BCUT2D eigenvalue weighted by atomic mass is 16.7. The van der Waals surface area contributed by atoms with Crippen molar-refractivity contribution in [3.8, 4) is 5.88 Å². The van der Waals surface area contributed by atoms with Crippen LogP contribution in [-0.2, 0) is 24.4 Å². The lowest BCUT2D eigenvalue weighted by atomic mass is 10.2. The van der Waals surface area contributed by atoms with Crippen LogP contribution in [0.15, 0.2) is 95.8 Å². The molecule has 0 saturated carbocycles. The van der Waals surface area contributed by atoms with Crippen molar-refractivity contribution in [3.63, 3.8) is 0 Å². The van der Waals surface area contributed by atoms with E-state index in [2.05, 4.69) is 0 Å². The van der Waals surface area contributed by atoms with Crippen LogP contribution in [0.4, 0.5) is 4.79 Å². The summed E-state index contributed by atoms with van der Waals surface area (Å²) in [4.78, 5) is 38.1. The first kappa shape index (κ1) is 22.6. The summed E-state index contributed by atoms with van der Waals surface area (Å²) in [7, 11) is 0. The zero-order chi connectivity index (χ0) is 23.9. The Balaban J connectivity index is 1.79. The van der Waals surface area contributed by atoms with Gasteiger partial charge in [0.25, 0.3) is 0 Å². The predicted molar refractivity (Wildman–Crippen MR) is 124 cm³/mol. The number of hydrogen-bond acceptors (Lipinski definition) is 5. The van der Waals surface area contributed by atoms with Crippen molar-refractivity contribution < 1.29 is 24.2 Å². The molecule has 0 fully saturated rings. The van der Waals surface area contributed by atoms with E-state index in [1.54, 1.807) is 48.5 Å². The lowest BCUT2D eigenvalue weighted by Gasteiger charge is -2.10. The molecule has 8 nitrogen and oxygen atoms in total. The number of hydrogen-bond donors (Lipinski definition) is 1. The van der Waals surface area contributed by atoms with Crippen molar-refractivity contribution in [1.82, 2.24) is 9.13 Å². The number of benzene rings is 3. The highest BCUT2D eigenvalue weighted by Crippen LogP contribution is 2.22. The van der Waals surface area contributed by atoms with Crippen LogP contribution in [0.5, 0.6) is 5.88 Å². The van der Waals surface area contributed by atoms with E-state index in [1.165, 1.54) is 4.57 Å². The van der Waals surface area contributed by atoms with E-state index in [-0.39, 0.29) is 31.3 Å². The fraction of sp³-hybridized carbons (Fsp3) is 0.115. The van der Waals surface area contributed by atoms with Crippen LogP contribution in [-0.4, -0.2) is 26.4 Å². The molecule has 4 rings (SSSR count). The molecule has 0 radical (unpaired) electrons. The molecule has 4 aromatic rings. The standard InChI is InChI=1S/C26H22N2O6/c29-24(33-18-21-14-8-3-9-15-21)22-23(34-26(31)32)28(17-20-12-6-2-7-13-20)25(30)27(22)16-19-10-4-1-5-11-19/h1-15H,16-18H2,(H,31,32). The van der Waals surface area contributed by atoms with E-state index in [4.69, 9.17) is 9.47 Å². The number of aromatic nitrogens is 2. The minimum absolute atomic E-state index is 0.0169. The van der Waals surface area contributed by atoms with Crippen LogP contribution in [0.25, 0.3) is 0 Å². The van der Waals surface area contributed by atoms with Crippen LogP contribution in [0.1, 0.15) is 27.2 Å². The van der Waals surface area contributed by atoms with E-state index >= 15 is 0 Å². The number of esters is 1. The van der Waals surface area contributed by atoms with Gasteiger partial charge in [0.15, 0.2) is 5.69 Å². The zero-order valence-electron chi connectivity index (χ0n) is 18.2. The van der Waals surface area contributed by atoms with Crippen molar-refractivity contribution in [2.75, 3.05) is 0 Å². The normalized spacial score (nSPS) is 10.6. The van der Waals surface area contributed by atoms with Gasteiger partial charge in [-0.1, -0.05) is 91.0 Å². The summed E-state index contributed by atoms with van der Waals surface area (Å²) in [6.45, 7) is 0.00579. The number of imidazole rings is 1. The summed E-state index contributed by atoms with van der Waals surface area (Å²) >= 11 is 0. The molecule has 0 amide bonds. The lowest BCUT2D eigenvalue weighted by Crippen LogP contribution is -2.27. The lowest BCUT2D eigenvalue weighted by molar-refractivity contribution is 0.0455. The van der Waals surface area contributed by atoms with E-state index in [1.807, 2.05) is 42.5 Å². The molecule has 0 atom stereocenters. The van der Waals surface area contributed by atoms with Crippen molar-refractivity contribution in [1.29, 1.82) is 0 Å². The Labute approximate surface area is 195 Å². The van der Waals surface area contributed by atoms with Crippen LogP contribution >= 0.6 is 0 Å². The molecular weight excluding hydrogens is 436 g/mol. The first-order valence-corrected chi connectivity index (χ1v) is 10.6. The fourth-order valence-electron chi connectivity index (χ4n) is 3.56. The molecule has 8 heteroatoms. The summed E-state index contributed by atoms with van der Waals surface area (Å²) in [5.74, 6) is -1.24. The maximum atomic E-state index is 13.4. The molecule has 0 aliphatic heterocycles. The molecule has 172 valence electrons. The molecule has 0 spiro atoms. The van der Waals surface area contributed by atoms with Crippen LogP contribution in [0.2, 0.25) is 0 Å². The summed E-state index contributed by atoms with van der Waals surface area (Å²) in [6, 6.07) is 27.1. The van der Waals surface area contributed by atoms with Gasteiger partial charge >= 0.3 is 17.8 Å². The Kier molecular flexibility index (Phi) is 6.88. The van der Waals surface area contributed by atoms with Gasteiger partial charge in [-0.25, -0.2) is 14.4 Å². The van der Waals surface area contributed by atoms with Gasteiger partial charge in [-0.05, 0) is 16.7 Å². The topological polar surface area (TPSA) is 99.8 Å². The van der Waals surface area contributed by atoms with Crippen LogP contribution < -0.4 is 10.4 Å². The van der Waals surface area contributed by atoms with E-state index in [0.717, 1.165) is 21.3 Å².